The molecule has 4 heteroatoms. The highest BCUT2D eigenvalue weighted by Crippen LogP contribution is 2.29. The maximum atomic E-state index is 10.2. The van der Waals surface area contributed by atoms with Gasteiger partial charge in [0.25, 0.3) is 0 Å². The molecule has 0 spiro atoms. The van der Waals surface area contributed by atoms with Crippen LogP contribution < -0.4 is 10.1 Å². The molecule has 0 radical (unpaired) electrons. The largest absolute Gasteiger partial charge is 0.508 e. The molecule has 0 saturated carbocycles. The van der Waals surface area contributed by atoms with Crippen LogP contribution in [0.3, 0.4) is 0 Å². The summed E-state index contributed by atoms with van der Waals surface area (Å²) in [6.45, 7) is 2.89. The second-order valence-electron chi connectivity index (χ2n) is 5.55. The van der Waals surface area contributed by atoms with Gasteiger partial charge in [-0.2, -0.15) is 0 Å². The molecule has 4 nitrogen and oxygen atoms in total. The van der Waals surface area contributed by atoms with Gasteiger partial charge >= 0.3 is 0 Å². The van der Waals surface area contributed by atoms with Gasteiger partial charge in [0.1, 0.15) is 11.5 Å². The summed E-state index contributed by atoms with van der Waals surface area (Å²) in [5.41, 5.74) is 2.46. The van der Waals surface area contributed by atoms with Gasteiger partial charge in [-0.25, -0.2) is 0 Å². The molecule has 0 aliphatic heterocycles. The average Bonchev–Trinajstić information content (AvgIpc) is 2.62. The summed E-state index contributed by atoms with van der Waals surface area (Å²) in [5.74, 6) is 0.966. The number of benzene rings is 3. The third-order valence-electron chi connectivity index (χ3n) is 4.02. The maximum Gasteiger partial charge on any atom is 0.124 e. The first-order valence-electron chi connectivity index (χ1n) is 8.03. The Balaban J connectivity index is 1.85. The van der Waals surface area contributed by atoms with Gasteiger partial charge in [-0.15, -0.1) is 0 Å². The molecular weight excluding hydrogens is 302 g/mol. The molecule has 0 saturated heterocycles. The number of aromatic hydroxyl groups is 1. The van der Waals surface area contributed by atoms with Crippen molar-refractivity contribution < 1.29 is 14.9 Å². The van der Waals surface area contributed by atoms with Crippen LogP contribution in [0.5, 0.6) is 11.5 Å². The zero-order valence-corrected chi connectivity index (χ0v) is 13.6. The number of anilines is 1. The van der Waals surface area contributed by atoms with Gasteiger partial charge in [-0.1, -0.05) is 30.3 Å². The predicted molar refractivity (Wildman–Crippen MR) is 96.5 cm³/mol. The first kappa shape index (κ1) is 16.1. The predicted octanol–water partition coefficient (Wildman–Crippen LogP) is 4.05. The van der Waals surface area contributed by atoms with Crippen molar-refractivity contribution in [3.63, 3.8) is 0 Å². The molecule has 3 N–H and O–H groups in total. The van der Waals surface area contributed by atoms with Gasteiger partial charge in [0.15, 0.2) is 0 Å². The normalized spacial score (nSPS) is 10.8. The molecule has 0 aliphatic carbocycles. The van der Waals surface area contributed by atoms with Gasteiger partial charge in [-0.3, -0.25) is 0 Å². The van der Waals surface area contributed by atoms with Crippen molar-refractivity contribution in [2.45, 2.75) is 20.1 Å². The van der Waals surface area contributed by atoms with E-state index in [0.717, 1.165) is 27.6 Å². The number of phenolic OH excluding ortho intramolecular Hbond substituents is 1. The first-order chi connectivity index (χ1) is 11.7. The minimum Gasteiger partial charge on any atom is -0.508 e. The molecule has 0 bridgehead atoms. The van der Waals surface area contributed by atoms with Crippen LogP contribution in [0, 0.1) is 0 Å². The Kier molecular flexibility index (Phi) is 4.87. The molecular formula is C20H21NO3. The quantitative estimate of drug-likeness (QED) is 0.640. The monoisotopic (exact) mass is 323 g/mol. The number of ether oxygens (including phenoxy) is 1. The Morgan fingerprint density at radius 1 is 1.04 bits per heavy atom. The van der Waals surface area contributed by atoms with Gasteiger partial charge < -0.3 is 20.3 Å². The van der Waals surface area contributed by atoms with E-state index in [1.54, 1.807) is 6.07 Å². The third kappa shape index (κ3) is 3.29. The number of phenols is 1. The van der Waals surface area contributed by atoms with E-state index in [2.05, 4.69) is 5.32 Å². The van der Waals surface area contributed by atoms with Crippen molar-refractivity contribution in [1.29, 1.82) is 0 Å². The van der Waals surface area contributed by atoms with E-state index in [4.69, 9.17) is 4.74 Å². The summed E-state index contributed by atoms with van der Waals surface area (Å²) < 4.78 is 5.49. The Morgan fingerprint density at radius 2 is 1.88 bits per heavy atom. The fourth-order valence-electron chi connectivity index (χ4n) is 2.81. The standard InChI is InChI=1S/C20H21NO3/c1-2-24-20-10-8-16(11-15(20)13-22)21-12-18-17-6-4-3-5-14(17)7-9-19(18)23/h3-11,21-23H,2,12-13H2,1H3. The molecule has 24 heavy (non-hydrogen) atoms. The Labute approximate surface area is 141 Å². The lowest BCUT2D eigenvalue weighted by atomic mass is 10.0. The van der Waals surface area contributed by atoms with E-state index in [1.807, 2.05) is 55.5 Å². The van der Waals surface area contributed by atoms with Crippen molar-refractivity contribution in [3.05, 3.63) is 65.7 Å². The summed E-state index contributed by atoms with van der Waals surface area (Å²) >= 11 is 0. The molecule has 124 valence electrons. The fourth-order valence-corrected chi connectivity index (χ4v) is 2.81. The first-order valence-corrected chi connectivity index (χ1v) is 8.03. The molecule has 3 rings (SSSR count). The van der Waals surface area contributed by atoms with Crippen LogP contribution in [0.25, 0.3) is 10.8 Å². The van der Waals surface area contributed by atoms with Crippen molar-refractivity contribution in [1.82, 2.24) is 0 Å². The number of fused-ring (bicyclic) bond motifs is 1. The number of hydrogen-bond acceptors (Lipinski definition) is 4. The summed E-state index contributed by atoms with van der Waals surface area (Å²) in [5, 5.41) is 25.1. The van der Waals surface area contributed by atoms with Crippen LogP contribution in [-0.2, 0) is 13.2 Å². The Morgan fingerprint density at radius 3 is 2.67 bits per heavy atom. The summed E-state index contributed by atoms with van der Waals surface area (Å²) in [4.78, 5) is 0. The second-order valence-corrected chi connectivity index (χ2v) is 5.55. The van der Waals surface area contributed by atoms with E-state index in [1.165, 1.54) is 0 Å². The van der Waals surface area contributed by atoms with Crippen LogP contribution in [-0.4, -0.2) is 16.8 Å². The minimum absolute atomic E-state index is 0.0790. The van der Waals surface area contributed by atoms with E-state index >= 15 is 0 Å². The van der Waals surface area contributed by atoms with Crippen molar-refractivity contribution in [2.75, 3.05) is 11.9 Å². The van der Waals surface area contributed by atoms with Crippen molar-refractivity contribution >= 4 is 16.5 Å². The molecule has 0 heterocycles. The van der Waals surface area contributed by atoms with Crippen LogP contribution in [0.4, 0.5) is 5.69 Å². The Bertz CT molecular complexity index is 845. The molecule has 0 unspecified atom stereocenters. The molecule has 0 aliphatic rings. The van der Waals surface area contributed by atoms with Crippen LogP contribution in [0.2, 0.25) is 0 Å². The molecule has 0 atom stereocenters. The second kappa shape index (κ2) is 7.23. The molecule has 0 fully saturated rings. The van der Waals surface area contributed by atoms with E-state index in [9.17, 15) is 10.2 Å². The van der Waals surface area contributed by atoms with Gasteiger partial charge in [0.2, 0.25) is 0 Å². The third-order valence-corrected chi connectivity index (χ3v) is 4.02. The van der Waals surface area contributed by atoms with Gasteiger partial charge in [-0.05, 0) is 42.0 Å². The van der Waals surface area contributed by atoms with Crippen molar-refractivity contribution in [2.24, 2.45) is 0 Å². The van der Waals surface area contributed by atoms with E-state index in [0.29, 0.717) is 18.9 Å². The van der Waals surface area contributed by atoms with Gasteiger partial charge in [0.05, 0.1) is 13.2 Å². The fraction of sp³-hybridized carbons (Fsp3) is 0.200. The molecule has 0 aromatic heterocycles. The van der Waals surface area contributed by atoms with Crippen molar-refractivity contribution in [3.8, 4) is 11.5 Å². The van der Waals surface area contributed by atoms with Crippen LogP contribution in [0.1, 0.15) is 18.1 Å². The van der Waals surface area contributed by atoms with E-state index < -0.39 is 0 Å². The number of aliphatic hydroxyl groups excluding tert-OH is 1. The summed E-state index contributed by atoms with van der Waals surface area (Å²) in [7, 11) is 0. The minimum atomic E-state index is -0.0790. The lowest BCUT2D eigenvalue weighted by Crippen LogP contribution is -2.03. The number of aliphatic hydroxyl groups is 1. The lowest BCUT2D eigenvalue weighted by molar-refractivity contribution is 0.267. The number of hydrogen-bond donors (Lipinski definition) is 3. The van der Waals surface area contributed by atoms with Gasteiger partial charge in [0, 0.05) is 23.4 Å². The summed E-state index contributed by atoms with van der Waals surface area (Å²) in [6.07, 6.45) is 0. The highest BCUT2D eigenvalue weighted by Gasteiger charge is 2.08. The van der Waals surface area contributed by atoms with Crippen LogP contribution in [0.15, 0.2) is 54.6 Å². The van der Waals surface area contributed by atoms with E-state index in [-0.39, 0.29) is 12.4 Å². The number of rotatable bonds is 6. The average molecular weight is 323 g/mol. The highest BCUT2D eigenvalue weighted by molar-refractivity contribution is 5.87. The highest BCUT2D eigenvalue weighted by atomic mass is 16.5. The zero-order chi connectivity index (χ0) is 16.9. The van der Waals surface area contributed by atoms with Crippen LogP contribution >= 0.6 is 0 Å². The SMILES string of the molecule is CCOc1ccc(NCc2c(O)ccc3ccccc23)cc1CO. The molecule has 3 aromatic rings. The topological polar surface area (TPSA) is 61.7 Å². The summed E-state index contributed by atoms with van der Waals surface area (Å²) in [6, 6.07) is 17.2. The molecule has 0 amide bonds. The molecule has 3 aromatic carbocycles. The number of nitrogens with one attached hydrogen (secondary N) is 1. The maximum absolute atomic E-state index is 10.2. The smallest absolute Gasteiger partial charge is 0.124 e. The Hall–Kier alpha value is -2.72. The lowest BCUT2D eigenvalue weighted by Gasteiger charge is -2.14. The zero-order valence-electron chi connectivity index (χ0n) is 13.6.